The van der Waals surface area contributed by atoms with Crippen LogP contribution in [0.5, 0.6) is 5.75 Å². The van der Waals surface area contributed by atoms with Crippen molar-refractivity contribution in [3.05, 3.63) is 75.3 Å². The summed E-state index contributed by atoms with van der Waals surface area (Å²) < 4.78 is 5.45. The first kappa shape index (κ1) is 22.6. The van der Waals surface area contributed by atoms with E-state index in [4.69, 9.17) is 27.9 Å². The lowest BCUT2D eigenvalue weighted by molar-refractivity contribution is -0.108. The number of nitriles is 1. The summed E-state index contributed by atoms with van der Waals surface area (Å²) in [7, 11) is 3.09. The summed E-state index contributed by atoms with van der Waals surface area (Å²) in [4.78, 5) is 26.3. The number of ether oxygens (including phenoxy) is 1. The van der Waals surface area contributed by atoms with Gasteiger partial charge in [0.05, 0.1) is 28.3 Å². The first-order valence-electron chi connectivity index (χ1n) is 9.55. The zero-order chi connectivity index (χ0) is 22.5. The number of carbonyl (C=O) groups excluding carboxylic acids is 2. The van der Waals surface area contributed by atoms with E-state index in [1.165, 1.54) is 12.0 Å². The molecule has 0 radical (unpaired) electrons. The minimum Gasteiger partial charge on any atom is -0.495 e. The molecule has 0 N–H and O–H groups in total. The van der Waals surface area contributed by atoms with Gasteiger partial charge in [-0.2, -0.15) is 5.26 Å². The van der Waals surface area contributed by atoms with Crippen LogP contribution < -0.4 is 4.74 Å². The van der Waals surface area contributed by atoms with Gasteiger partial charge in [0.2, 0.25) is 0 Å². The van der Waals surface area contributed by atoms with Crippen molar-refractivity contribution >= 4 is 46.2 Å². The Morgan fingerprint density at radius 1 is 1.19 bits per heavy atom. The number of hydrogen-bond acceptors (Lipinski definition) is 4. The molecule has 0 fully saturated rings. The molecule has 3 aromatic carbocycles. The molecule has 0 aromatic heterocycles. The molecule has 0 spiro atoms. The van der Waals surface area contributed by atoms with E-state index in [9.17, 15) is 14.9 Å². The smallest absolute Gasteiger partial charge is 0.258 e. The van der Waals surface area contributed by atoms with Gasteiger partial charge in [0, 0.05) is 25.9 Å². The second kappa shape index (κ2) is 9.82. The average molecular weight is 455 g/mol. The Balaban J connectivity index is 2.02. The van der Waals surface area contributed by atoms with Crippen LogP contribution in [-0.2, 0) is 4.79 Å². The van der Waals surface area contributed by atoms with Gasteiger partial charge in [0.1, 0.15) is 18.1 Å². The summed E-state index contributed by atoms with van der Waals surface area (Å²) in [6.45, 7) is 0.268. The molecule has 1 amide bonds. The third-order valence-corrected chi connectivity index (χ3v) is 5.92. The van der Waals surface area contributed by atoms with Crippen LogP contribution >= 0.6 is 23.2 Å². The molecule has 1 unspecified atom stereocenters. The Labute approximate surface area is 190 Å². The highest BCUT2D eigenvalue weighted by Gasteiger charge is 2.25. The predicted molar refractivity (Wildman–Crippen MR) is 122 cm³/mol. The maximum Gasteiger partial charge on any atom is 0.258 e. The van der Waals surface area contributed by atoms with Crippen molar-refractivity contribution in [2.24, 2.45) is 0 Å². The standard InChI is InChI=1S/C24H20Cl2N2O3/c1-28(14-17(9-10-29)15-7-8-20(25)21(26)12-15)24(30)22-19-6-4-3-5-16(19)11-18(13-27)23(22)31-2/h3-8,10-12,17H,9,14H2,1-2H3. The summed E-state index contributed by atoms with van der Waals surface area (Å²) in [5.41, 5.74) is 1.41. The molecule has 0 aliphatic rings. The molecule has 31 heavy (non-hydrogen) atoms. The van der Waals surface area contributed by atoms with Crippen molar-refractivity contribution in [1.29, 1.82) is 5.26 Å². The zero-order valence-corrected chi connectivity index (χ0v) is 18.6. The normalized spacial score (nSPS) is 11.6. The number of aldehydes is 1. The molecule has 5 nitrogen and oxygen atoms in total. The molecule has 7 heteroatoms. The van der Waals surface area contributed by atoms with E-state index in [-0.39, 0.29) is 36.1 Å². The van der Waals surface area contributed by atoms with E-state index in [2.05, 4.69) is 6.07 Å². The van der Waals surface area contributed by atoms with Crippen molar-refractivity contribution in [3.8, 4) is 11.8 Å². The van der Waals surface area contributed by atoms with Gasteiger partial charge in [-0.05, 0) is 34.5 Å². The molecule has 0 saturated carbocycles. The van der Waals surface area contributed by atoms with Gasteiger partial charge in [0.15, 0.2) is 0 Å². The van der Waals surface area contributed by atoms with E-state index in [0.29, 0.717) is 21.0 Å². The highest BCUT2D eigenvalue weighted by molar-refractivity contribution is 6.42. The van der Waals surface area contributed by atoms with Crippen molar-refractivity contribution < 1.29 is 14.3 Å². The van der Waals surface area contributed by atoms with Crippen molar-refractivity contribution in [3.63, 3.8) is 0 Å². The molecular formula is C24H20Cl2N2O3. The van der Waals surface area contributed by atoms with Crippen LogP contribution in [0.2, 0.25) is 10.0 Å². The van der Waals surface area contributed by atoms with Crippen LogP contribution in [0, 0.1) is 11.3 Å². The SMILES string of the molecule is COc1c(C#N)cc2ccccc2c1C(=O)N(C)CC(CC=O)c1ccc(Cl)c(Cl)c1. The highest BCUT2D eigenvalue weighted by atomic mass is 35.5. The number of benzene rings is 3. The maximum atomic E-state index is 13.5. The van der Waals surface area contributed by atoms with Crippen molar-refractivity contribution in [2.45, 2.75) is 12.3 Å². The molecule has 0 heterocycles. The summed E-state index contributed by atoms with van der Waals surface area (Å²) in [5, 5.41) is 11.8. The number of carbonyl (C=O) groups is 2. The number of halogens is 2. The van der Waals surface area contributed by atoms with Gasteiger partial charge in [-0.25, -0.2) is 0 Å². The topological polar surface area (TPSA) is 70.4 Å². The third kappa shape index (κ3) is 4.66. The average Bonchev–Trinajstić information content (AvgIpc) is 2.78. The number of rotatable bonds is 7. The second-order valence-electron chi connectivity index (χ2n) is 7.12. The third-order valence-electron chi connectivity index (χ3n) is 5.18. The largest absolute Gasteiger partial charge is 0.495 e. The highest BCUT2D eigenvalue weighted by Crippen LogP contribution is 2.34. The van der Waals surface area contributed by atoms with Gasteiger partial charge in [-0.15, -0.1) is 0 Å². The minimum atomic E-state index is -0.305. The number of methoxy groups -OCH3 is 1. The van der Waals surface area contributed by atoms with Crippen LogP contribution in [0.1, 0.15) is 33.8 Å². The minimum absolute atomic E-state index is 0.214. The number of hydrogen-bond donors (Lipinski definition) is 0. The van der Waals surface area contributed by atoms with Crippen LogP contribution in [-0.4, -0.2) is 37.8 Å². The van der Waals surface area contributed by atoms with Crippen LogP contribution in [0.4, 0.5) is 0 Å². The number of fused-ring (bicyclic) bond motifs is 1. The summed E-state index contributed by atoms with van der Waals surface area (Å²) in [6, 6.07) is 16.3. The Morgan fingerprint density at radius 2 is 1.94 bits per heavy atom. The lowest BCUT2D eigenvalue weighted by Crippen LogP contribution is -2.32. The monoisotopic (exact) mass is 454 g/mol. The number of amides is 1. The van der Waals surface area contributed by atoms with E-state index in [1.54, 1.807) is 31.3 Å². The summed E-state index contributed by atoms with van der Waals surface area (Å²) in [6.07, 6.45) is 1.03. The molecular weight excluding hydrogens is 435 g/mol. The molecule has 3 aromatic rings. The van der Waals surface area contributed by atoms with Crippen molar-refractivity contribution in [1.82, 2.24) is 4.90 Å². The number of nitrogens with zero attached hydrogens (tertiary/aromatic N) is 2. The number of likely N-dealkylation sites (N-methyl/N-ethyl adjacent to an activating group) is 1. The Bertz CT molecular complexity index is 1190. The van der Waals surface area contributed by atoms with Gasteiger partial charge in [0.25, 0.3) is 5.91 Å². The van der Waals surface area contributed by atoms with E-state index < -0.39 is 0 Å². The predicted octanol–water partition coefficient (Wildman–Crippen LogP) is 5.47. The molecule has 0 aliphatic carbocycles. The Morgan fingerprint density at radius 3 is 2.58 bits per heavy atom. The summed E-state index contributed by atoms with van der Waals surface area (Å²) >= 11 is 12.2. The fraction of sp³-hybridized carbons (Fsp3) is 0.208. The van der Waals surface area contributed by atoms with E-state index >= 15 is 0 Å². The molecule has 158 valence electrons. The molecule has 0 bridgehead atoms. The van der Waals surface area contributed by atoms with E-state index in [1.807, 2.05) is 24.3 Å². The lowest BCUT2D eigenvalue weighted by atomic mass is 9.94. The van der Waals surface area contributed by atoms with Gasteiger partial charge in [-0.1, -0.05) is 53.5 Å². The lowest BCUT2D eigenvalue weighted by Gasteiger charge is -2.25. The second-order valence-corrected chi connectivity index (χ2v) is 7.94. The molecule has 1 atom stereocenters. The van der Waals surface area contributed by atoms with Gasteiger partial charge < -0.3 is 14.4 Å². The zero-order valence-electron chi connectivity index (χ0n) is 17.1. The molecule has 0 aliphatic heterocycles. The van der Waals surface area contributed by atoms with Gasteiger partial charge >= 0.3 is 0 Å². The van der Waals surface area contributed by atoms with Crippen molar-refractivity contribution in [2.75, 3.05) is 20.7 Å². The summed E-state index contributed by atoms with van der Waals surface area (Å²) in [5.74, 6) is -0.335. The Hall–Kier alpha value is -3.07. The quantitative estimate of drug-likeness (QED) is 0.443. The van der Waals surface area contributed by atoms with Gasteiger partial charge in [-0.3, -0.25) is 4.79 Å². The molecule has 0 saturated heterocycles. The van der Waals surface area contributed by atoms with Crippen LogP contribution in [0.3, 0.4) is 0 Å². The first-order valence-corrected chi connectivity index (χ1v) is 10.3. The van der Waals surface area contributed by atoms with Crippen LogP contribution in [0.15, 0.2) is 48.5 Å². The maximum absolute atomic E-state index is 13.5. The Kier molecular flexibility index (Phi) is 7.17. The first-order chi connectivity index (χ1) is 14.9. The van der Waals surface area contributed by atoms with E-state index in [0.717, 1.165) is 17.2 Å². The fourth-order valence-electron chi connectivity index (χ4n) is 3.64. The molecule has 3 rings (SSSR count). The van der Waals surface area contributed by atoms with Crippen LogP contribution in [0.25, 0.3) is 10.8 Å². The fourth-order valence-corrected chi connectivity index (χ4v) is 3.95.